The fraction of sp³-hybridized carbons (Fsp3) is 0.273. The second kappa shape index (κ2) is 12.2. The van der Waals surface area contributed by atoms with Gasteiger partial charge in [0.25, 0.3) is 0 Å². The van der Waals surface area contributed by atoms with E-state index >= 15 is 0 Å². The van der Waals surface area contributed by atoms with Gasteiger partial charge < -0.3 is 19.8 Å². The Labute approximate surface area is 197 Å². The van der Waals surface area contributed by atoms with Gasteiger partial charge in [0, 0.05) is 17.7 Å². The molecule has 3 rings (SSSR count). The second-order valence-corrected chi connectivity index (χ2v) is 6.55. The summed E-state index contributed by atoms with van der Waals surface area (Å²) in [5.41, 5.74) is 3.14. The summed E-state index contributed by atoms with van der Waals surface area (Å²) < 4.78 is 35.5. The minimum atomic E-state index is -2.88. The van der Waals surface area contributed by atoms with Crippen LogP contribution in [0.2, 0.25) is 0 Å². The number of benzene rings is 2. The van der Waals surface area contributed by atoms with Crippen LogP contribution in [0.4, 0.5) is 8.78 Å². The summed E-state index contributed by atoms with van der Waals surface area (Å²) in [5.74, 6) is 1.20. The van der Waals surface area contributed by atoms with Gasteiger partial charge >= 0.3 is 6.61 Å². The van der Waals surface area contributed by atoms with Crippen LogP contribution in [0, 0.1) is 6.92 Å². The summed E-state index contributed by atoms with van der Waals surface area (Å²) in [7, 11) is 0. The van der Waals surface area contributed by atoms with Crippen molar-refractivity contribution in [3.8, 4) is 17.2 Å². The smallest absolute Gasteiger partial charge is 0.387 e. The molecule has 166 valence electrons. The molecule has 0 amide bonds. The molecule has 3 aromatic rings. The minimum Gasteiger partial charge on any atom is -0.444 e. The van der Waals surface area contributed by atoms with Gasteiger partial charge in [-0.05, 0) is 32.0 Å². The molecule has 6 nitrogen and oxygen atoms in total. The molecule has 1 aromatic heterocycles. The molecule has 31 heavy (non-hydrogen) atoms. The molecule has 0 unspecified atom stereocenters. The topological polar surface area (TPSA) is 71.7 Å². The fourth-order valence-electron chi connectivity index (χ4n) is 2.82. The number of rotatable bonds is 8. The van der Waals surface area contributed by atoms with E-state index < -0.39 is 6.61 Å². The summed E-state index contributed by atoms with van der Waals surface area (Å²) in [6.45, 7) is 2.18. The van der Waals surface area contributed by atoms with Crippen molar-refractivity contribution in [3.63, 3.8) is 0 Å². The molecule has 0 aliphatic heterocycles. The first-order valence-electron chi connectivity index (χ1n) is 9.61. The number of halogens is 3. The number of hydrogen-bond acceptors (Lipinski definition) is 4. The van der Waals surface area contributed by atoms with Crippen molar-refractivity contribution in [1.29, 1.82) is 0 Å². The fourth-order valence-corrected chi connectivity index (χ4v) is 2.82. The van der Waals surface area contributed by atoms with E-state index in [0.717, 1.165) is 16.8 Å². The maximum atomic E-state index is 12.7. The van der Waals surface area contributed by atoms with E-state index in [2.05, 4.69) is 25.3 Å². The van der Waals surface area contributed by atoms with E-state index in [0.29, 0.717) is 30.5 Å². The van der Waals surface area contributed by atoms with E-state index in [1.54, 1.807) is 18.4 Å². The normalized spacial score (nSPS) is 11.2. The van der Waals surface area contributed by atoms with Gasteiger partial charge in [-0.15, -0.1) is 24.0 Å². The monoisotopic (exact) mass is 542 g/mol. The van der Waals surface area contributed by atoms with Crippen LogP contribution < -0.4 is 15.4 Å². The van der Waals surface area contributed by atoms with Gasteiger partial charge in [0.05, 0.1) is 18.8 Å². The van der Waals surface area contributed by atoms with Crippen molar-refractivity contribution in [2.75, 3.05) is 6.54 Å². The number of nitrogens with zero attached hydrogens (tertiary/aromatic N) is 2. The maximum Gasteiger partial charge on any atom is 0.387 e. The largest absolute Gasteiger partial charge is 0.444 e. The van der Waals surface area contributed by atoms with Crippen LogP contribution in [0.15, 0.2) is 64.2 Å². The van der Waals surface area contributed by atoms with Crippen LogP contribution in [0.5, 0.6) is 5.75 Å². The number of guanidine groups is 1. The Kier molecular flexibility index (Phi) is 9.70. The molecule has 0 aliphatic carbocycles. The first-order chi connectivity index (χ1) is 14.5. The van der Waals surface area contributed by atoms with Crippen LogP contribution in [0.1, 0.15) is 23.7 Å². The molecule has 0 aliphatic rings. The zero-order valence-corrected chi connectivity index (χ0v) is 19.6. The quantitative estimate of drug-likeness (QED) is 0.235. The number of oxazole rings is 1. The highest BCUT2D eigenvalue weighted by atomic mass is 127. The van der Waals surface area contributed by atoms with E-state index in [1.807, 2.05) is 44.2 Å². The number of aromatic nitrogens is 1. The molecule has 0 fully saturated rings. The number of aliphatic imine (C=N–C) groups is 1. The predicted octanol–water partition coefficient (Wildman–Crippen LogP) is 5.12. The van der Waals surface area contributed by atoms with E-state index in [1.165, 1.54) is 6.07 Å². The zero-order valence-electron chi connectivity index (χ0n) is 17.3. The molecule has 0 spiro atoms. The summed E-state index contributed by atoms with van der Waals surface area (Å²) >= 11 is 0. The lowest BCUT2D eigenvalue weighted by Crippen LogP contribution is -2.36. The molecule has 0 atom stereocenters. The first kappa shape index (κ1) is 24.6. The SMILES string of the molecule is CCNC(=NCc1cc(C)ccc1OC(F)F)NCc1coc(-c2ccccc2)n1.I. The van der Waals surface area contributed by atoms with Crippen molar-refractivity contribution in [2.45, 2.75) is 33.5 Å². The molecular weight excluding hydrogens is 517 g/mol. The van der Waals surface area contributed by atoms with Crippen molar-refractivity contribution < 1.29 is 17.9 Å². The van der Waals surface area contributed by atoms with Gasteiger partial charge in [-0.1, -0.05) is 35.9 Å². The number of ether oxygens (including phenoxy) is 1. The van der Waals surface area contributed by atoms with Crippen molar-refractivity contribution in [1.82, 2.24) is 15.6 Å². The number of alkyl halides is 2. The Morgan fingerprint density at radius 3 is 2.65 bits per heavy atom. The highest BCUT2D eigenvalue weighted by molar-refractivity contribution is 14.0. The molecule has 1 heterocycles. The van der Waals surface area contributed by atoms with Gasteiger partial charge in [-0.3, -0.25) is 0 Å². The van der Waals surface area contributed by atoms with Gasteiger partial charge in [-0.2, -0.15) is 8.78 Å². The van der Waals surface area contributed by atoms with Crippen molar-refractivity contribution in [2.24, 2.45) is 4.99 Å². The van der Waals surface area contributed by atoms with Crippen molar-refractivity contribution in [3.05, 3.63) is 71.6 Å². The summed E-state index contributed by atoms with van der Waals surface area (Å²) in [6, 6.07) is 14.7. The zero-order chi connectivity index (χ0) is 21.3. The van der Waals surface area contributed by atoms with Gasteiger partial charge in [0.1, 0.15) is 12.0 Å². The third kappa shape index (κ3) is 7.50. The van der Waals surface area contributed by atoms with E-state index in [-0.39, 0.29) is 36.3 Å². The second-order valence-electron chi connectivity index (χ2n) is 6.55. The number of nitrogens with one attached hydrogen (secondary N) is 2. The van der Waals surface area contributed by atoms with Gasteiger partial charge in [0.2, 0.25) is 5.89 Å². The van der Waals surface area contributed by atoms with Crippen LogP contribution in [-0.4, -0.2) is 24.1 Å². The molecule has 0 bridgehead atoms. The van der Waals surface area contributed by atoms with E-state index in [4.69, 9.17) is 4.42 Å². The molecule has 0 saturated heterocycles. The van der Waals surface area contributed by atoms with Crippen LogP contribution in [-0.2, 0) is 13.1 Å². The molecule has 9 heteroatoms. The maximum absolute atomic E-state index is 12.7. The van der Waals surface area contributed by atoms with Gasteiger partial charge in [0.15, 0.2) is 5.96 Å². The highest BCUT2D eigenvalue weighted by Gasteiger charge is 2.11. The lowest BCUT2D eigenvalue weighted by molar-refractivity contribution is -0.0504. The lowest BCUT2D eigenvalue weighted by atomic mass is 10.1. The molecular formula is C22H25F2IN4O2. The van der Waals surface area contributed by atoms with Crippen LogP contribution >= 0.6 is 24.0 Å². The molecule has 2 aromatic carbocycles. The lowest BCUT2D eigenvalue weighted by Gasteiger charge is -2.12. The Hall–Kier alpha value is -2.69. The predicted molar refractivity (Wildman–Crippen MR) is 127 cm³/mol. The standard InChI is InChI=1S/C22H24F2N4O2.HI/c1-3-25-22(26-12-17-11-15(2)9-10-19(17)30-21(23)24)27-13-18-14-29-20(28-18)16-7-5-4-6-8-16;/h4-11,14,21H,3,12-13H2,1-2H3,(H2,25,26,27);1H. The summed E-state index contributed by atoms with van der Waals surface area (Å²) in [6.07, 6.45) is 1.59. The Morgan fingerprint density at radius 2 is 1.94 bits per heavy atom. The highest BCUT2D eigenvalue weighted by Crippen LogP contribution is 2.23. The summed E-state index contributed by atoms with van der Waals surface area (Å²) in [4.78, 5) is 8.96. The Morgan fingerprint density at radius 1 is 1.16 bits per heavy atom. The Balaban J connectivity index is 0.00000341. The molecule has 2 N–H and O–H groups in total. The first-order valence-corrected chi connectivity index (χ1v) is 9.61. The molecule has 0 radical (unpaired) electrons. The van der Waals surface area contributed by atoms with Crippen LogP contribution in [0.25, 0.3) is 11.5 Å². The van der Waals surface area contributed by atoms with Crippen LogP contribution in [0.3, 0.4) is 0 Å². The van der Waals surface area contributed by atoms with E-state index in [9.17, 15) is 8.78 Å². The minimum absolute atomic E-state index is 0. The molecule has 0 saturated carbocycles. The average Bonchev–Trinajstić information content (AvgIpc) is 3.21. The summed E-state index contributed by atoms with van der Waals surface area (Å²) in [5, 5.41) is 6.30. The number of hydrogen-bond donors (Lipinski definition) is 2. The van der Waals surface area contributed by atoms with Crippen molar-refractivity contribution >= 4 is 29.9 Å². The third-order valence-corrected chi connectivity index (χ3v) is 4.19. The Bertz CT molecular complexity index is 981. The van der Waals surface area contributed by atoms with Gasteiger partial charge in [-0.25, -0.2) is 9.98 Å². The third-order valence-electron chi connectivity index (χ3n) is 4.19. The number of aryl methyl sites for hydroxylation is 1. The average molecular weight is 542 g/mol.